The van der Waals surface area contributed by atoms with Gasteiger partial charge in [0.1, 0.15) is 0 Å². The van der Waals surface area contributed by atoms with Crippen molar-refractivity contribution in [2.75, 3.05) is 7.11 Å². The van der Waals surface area contributed by atoms with Gasteiger partial charge in [-0.15, -0.1) is 10.2 Å². The monoisotopic (exact) mass is 430 g/mol. The minimum absolute atomic E-state index is 0.113. The molecule has 0 bridgehead atoms. The number of rotatable bonds is 6. The molecule has 1 atom stereocenters. The van der Waals surface area contributed by atoms with E-state index in [9.17, 15) is 13.6 Å². The summed E-state index contributed by atoms with van der Waals surface area (Å²) in [6, 6.07) is 4.46. The highest BCUT2D eigenvalue weighted by molar-refractivity contribution is 6.42. The molecular weight excluding hydrogens is 421 g/mol. The summed E-state index contributed by atoms with van der Waals surface area (Å²) in [4.78, 5) is 19.9. The van der Waals surface area contributed by atoms with Gasteiger partial charge in [0.15, 0.2) is 0 Å². The number of nitrogens with zero attached hydrogens (tertiary/aromatic N) is 4. The maximum atomic E-state index is 12.5. The molecule has 0 spiro atoms. The van der Waals surface area contributed by atoms with Crippen LogP contribution < -0.4 is 4.74 Å². The van der Waals surface area contributed by atoms with E-state index < -0.39 is 24.4 Å². The van der Waals surface area contributed by atoms with Crippen molar-refractivity contribution in [2.24, 2.45) is 0 Å². The van der Waals surface area contributed by atoms with Crippen molar-refractivity contribution in [3.8, 4) is 17.5 Å². The Morgan fingerprint density at radius 2 is 1.89 bits per heavy atom. The average Bonchev–Trinajstić information content (AvgIpc) is 3.19. The van der Waals surface area contributed by atoms with Crippen molar-refractivity contribution < 1.29 is 27.5 Å². The Kier molecular flexibility index (Phi) is 6.00. The lowest BCUT2D eigenvalue weighted by Gasteiger charge is -2.17. The van der Waals surface area contributed by atoms with Crippen LogP contribution in [0.25, 0.3) is 11.5 Å². The number of methoxy groups -OCH3 is 1. The van der Waals surface area contributed by atoms with Gasteiger partial charge in [0.05, 0.1) is 22.7 Å². The van der Waals surface area contributed by atoms with E-state index in [1.165, 1.54) is 25.6 Å². The van der Waals surface area contributed by atoms with Crippen molar-refractivity contribution in [1.29, 1.82) is 0 Å². The second kappa shape index (κ2) is 8.44. The number of aromatic nitrogens is 4. The predicted octanol–water partition coefficient (Wildman–Crippen LogP) is 4.06. The van der Waals surface area contributed by atoms with E-state index in [4.69, 9.17) is 37.1 Å². The number of hydrogen-bond acceptors (Lipinski definition) is 8. The Hall–Kier alpha value is -2.85. The number of carbonyl (C=O) groups is 1. The van der Waals surface area contributed by atoms with Crippen molar-refractivity contribution >= 4 is 29.2 Å². The third-order valence-electron chi connectivity index (χ3n) is 3.40. The molecule has 0 saturated heterocycles. The zero-order valence-corrected chi connectivity index (χ0v) is 15.5. The SMILES string of the molecule is COC(=O)C(Oc1ncc(-c2nnc(C(F)F)o2)cn1)c1cccc(Cl)c1Cl. The fourth-order valence-corrected chi connectivity index (χ4v) is 2.51. The average molecular weight is 431 g/mol. The number of alkyl halides is 2. The molecule has 0 radical (unpaired) electrons. The molecule has 28 heavy (non-hydrogen) atoms. The molecule has 0 fully saturated rings. The first-order valence-corrected chi connectivity index (χ1v) is 8.28. The van der Waals surface area contributed by atoms with Gasteiger partial charge >= 0.3 is 18.4 Å². The van der Waals surface area contributed by atoms with E-state index >= 15 is 0 Å². The highest BCUT2D eigenvalue weighted by Crippen LogP contribution is 2.32. The molecule has 2 aromatic heterocycles. The van der Waals surface area contributed by atoms with E-state index in [0.717, 1.165) is 0 Å². The zero-order valence-electron chi connectivity index (χ0n) is 14.0. The van der Waals surface area contributed by atoms with Crippen molar-refractivity contribution in [2.45, 2.75) is 12.5 Å². The molecule has 1 unspecified atom stereocenters. The topological polar surface area (TPSA) is 100 Å². The molecule has 0 N–H and O–H groups in total. The van der Waals surface area contributed by atoms with Crippen molar-refractivity contribution in [1.82, 2.24) is 20.2 Å². The van der Waals surface area contributed by atoms with Gasteiger partial charge < -0.3 is 13.9 Å². The van der Waals surface area contributed by atoms with Crippen LogP contribution in [0.4, 0.5) is 8.78 Å². The lowest BCUT2D eigenvalue weighted by Crippen LogP contribution is -2.21. The van der Waals surface area contributed by atoms with Crippen LogP contribution in [0, 0.1) is 0 Å². The van der Waals surface area contributed by atoms with Gasteiger partial charge in [0.2, 0.25) is 6.10 Å². The van der Waals surface area contributed by atoms with Gasteiger partial charge in [0, 0.05) is 18.0 Å². The summed E-state index contributed by atoms with van der Waals surface area (Å²) >= 11 is 12.1. The Bertz CT molecular complexity index is 985. The minimum Gasteiger partial charge on any atom is -0.466 e. The van der Waals surface area contributed by atoms with Crippen molar-refractivity contribution in [3.63, 3.8) is 0 Å². The molecule has 3 aromatic rings. The van der Waals surface area contributed by atoms with Gasteiger partial charge in [-0.2, -0.15) is 8.78 Å². The van der Waals surface area contributed by atoms with Gasteiger partial charge in [0.25, 0.3) is 11.8 Å². The van der Waals surface area contributed by atoms with Crippen LogP contribution in [-0.2, 0) is 9.53 Å². The fraction of sp³-hybridized carbons (Fsp3) is 0.188. The highest BCUT2D eigenvalue weighted by Gasteiger charge is 2.28. The molecule has 2 heterocycles. The number of hydrogen-bond donors (Lipinski definition) is 0. The standard InChI is InChI=1S/C16H10Cl2F2N4O4/c1-26-15(25)11(8-3-2-4-9(17)10(8)18)27-16-21-5-7(6-22-16)13-23-24-14(28-13)12(19)20/h2-6,11-12H,1H3. The van der Waals surface area contributed by atoms with Crippen LogP contribution in [0.1, 0.15) is 24.0 Å². The molecule has 8 nitrogen and oxygen atoms in total. The second-order valence-corrected chi connectivity index (χ2v) is 5.95. The van der Waals surface area contributed by atoms with Crippen LogP contribution in [0.2, 0.25) is 10.0 Å². The highest BCUT2D eigenvalue weighted by atomic mass is 35.5. The number of halogens is 4. The molecule has 12 heteroatoms. The first kappa shape index (κ1) is 19.9. The third-order valence-corrected chi connectivity index (χ3v) is 4.24. The Balaban J connectivity index is 1.85. The molecule has 0 aliphatic rings. The molecule has 1 aromatic carbocycles. The maximum absolute atomic E-state index is 12.5. The molecule has 3 rings (SSSR count). The summed E-state index contributed by atoms with van der Waals surface area (Å²) in [6.45, 7) is 0. The molecule has 0 aliphatic heterocycles. The smallest absolute Gasteiger partial charge is 0.352 e. The Labute approximate surface area is 166 Å². The quantitative estimate of drug-likeness (QED) is 0.539. The lowest BCUT2D eigenvalue weighted by molar-refractivity contribution is -0.149. The van der Waals surface area contributed by atoms with Crippen LogP contribution in [0.3, 0.4) is 0 Å². The molecule has 0 saturated carbocycles. The van der Waals surface area contributed by atoms with E-state index in [2.05, 4.69) is 20.2 Å². The van der Waals surface area contributed by atoms with Gasteiger partial charge in [-0.05, 0) is 6.07 Å². The van der Waals surface area contributed by atoms with Crippen molar-refractivity contribution in [3.05, 3.63) is 52.1 Å². The number of ether oxygens (including phenoxy) is 2. The Morgan fingerprint density at radius 3 is 2.50 bits per heavy atom. The summed E-state index contributed by atoms with van der Waals surface area (Å²) < 4.78 is 40.1. The van der Waals surface area contributed by atoms with Crippen LogP contribution in [0.5, 0.6) is 6.01 Å². The molecule has 0 aliphatic carbocycles. The van der Waals surface area contributed by atoms with Crippen LogP contribution in [-0.4, -0.2) is 33.2 Å². The van der Waals surface area contributed by atoms with Crippen LogP contribution in [0.15, 0.2) is 35.0 Å². The first-order chi connectivity index (χ1) is 13.4. The van der Waals surface area contributed by atoms with Crippen LogP contribution >= 0.6 is 23.2 Å². The predicted molar refractivity (Wildman–Crippen MR) is 92.1 cm³/mol. The van der Waals surface area contributed by atoms with E-state index in [1.807, 2.05) is 0 Å². The van der Waals surface area contributed by atoms with Gasteiger partial charge in [-0.25, -0.2) is 14.8 Å². The first-order valence-electron chi connectivity index (χ1n) is 7.53. The summed E-state index contributed by atoms with van der Waals surface area (Å²) in [7, 11) is 1.18. The number of esters is 1. The van der Waals surface area contributed by atoms with Gasteiger partial charge in [-0.1, -0.05) is 35.3 Å². The third kappa shape index (κ3) is 4.18. The fourth-order valence-electron chi connectivity index (χ4n) is 2.10. The maximum Gasteiger partial charge on any atom is 0.352 e. The normalized spacial score (nSPS) is 12.1. The molecule has 0 amide bonds. The second-order valence-electron chi connectivity index (χ2n) is 5.16. The zero-order chi connectivity index (χ0) is 20.3. The van der Waals surface area contributed by atoms with E-state index in [-0.39, 0.29) is 33.1 Å². The van der Waals surface area contributed by atoms with E-state index in [0.29, 0.717) is 0 Å². The summed E-state index contributed by atoms with van der Waals surface area (Å²) in [6.07, 6.45) is -1.76. The summed E-state index contributed by atoms with van der Waals surface area (Å²) in [5.74, 6) is -1.77. The Morgan fingerprint density at radius 1 is 1.18 bits per heavy atom. The van der Waals surface area contributed by atoms with Gasteiger partial charge in [-0.3, -0.25) is 0 Å². The summed E-state index contributed by atoms with van der Waals surface area (Å²) in [5, 5.41) is 7.03. The summed E-state index contributed by atoms with van der Waals surface area (Å²) in [5.41, 5.74) is 0.439. The largest absolute Gasteiger partial charge is 0.466 e. The molecule has 146 valence electrons. The minimum atomic E-state index is -2.90. The van der Waals surface area contributed by atoms with E-state index in [1.54, 1.807) is 12.1 Å². The lowest BCUT2D eigenvalue weighted by atomic mass is 10.1. The molecular formula is C16H10Cl2F2N4O4. The number of carbonyl (C=O) groups excluding carboxylic acids is 1. The number of benzene rings is 1.